The van der Waals surface area contributed by atoms with Crippen molar-refractivity contribution in [1.82, 2.24) is 0 Å². The Morgan fingerprint density at radius 3 is 2.53 bits per heavy atom. The lowest BCUT2D eigenvalue weighted by molar-refractivity contribution is -0.255. The topological polar surface area (TPSA) is 35.5 Å². The van der Waals surface area contributed by atoms with Gasteiger partial charge in [0.25, 0.3) is 5.92 Å². The fourth-order valence-corrected chi connectivity index (χ4v) is 2.23. The van der Waals surface area contributed by atoms with Crippen LogP contribution in [-0.2, 0) is 14.6 Å². The standard InChI is InChI=1S/C12H20F2O3/c1-3-4-5-6-7-9-10(12(9,13)14)8-11(15)17-16-2/h9-10H,3-8H2,1-2H3. The first-order valence-corrected chi connectivity index (χ1v) is 6.15. The molecule has 0 bridgehead atoms. The summed E-state index contributed by atoms with van der Waals surface area (Å²) in [6, 6.07) is 0. The van der Waals surface area contributed by atoms with Crippen molar-refractivity contribution in [3.05, 3.63) is 0 Å². The molecule has 1 saturated carbocycles. The summed E-state index contributed by atoms with van der Waals surface area (Å²) in [5, 5.41) is 0. The average molecular weight is 250 g/mol. The molecule has 0 spiro atoms. The predicted octanol–water partition coefficient (Wildman–Crippen LogP) is 3.33. The zero-order chi connectivity index (χ0) is 12.9. The molecule has 1 aliphatic carbocycles. The summed E-state index contributed by atoms with van der Waals surface area (Å²) < 4.78 is 26.6. The van der Waals surface area contributed by atoms with E-state index in [0.717, 1.165) is 25.7 Å². The third-order valence-corrected chi connectivity index (χ3v) is 3.30. The average Bonchev–Trinajstić information content (AvgIpc) is 2.76. The fraction of sp³-hybridized carbons (Fsp3) is 0.917. The van der Waals surface area contributed by atoms with Gasteiger partial charge in [-0.1, -0.05) is 32.6 Å². The number of hydrogen-bond acceptors (Lipinski definition) is 3. The van der Waals surface area contributed by atoms with Gasteiger partial charge in [-0.05, 0) is 6.42 Å². The fourth-order valence-electron chi connectivity index (χ4n) is 2.23. The molecule has 5 heteroatoms. The lowest BCUT2D eigenvalue weighted by Gasteiger charge is -1.98. The van der Waals surface area contributed by atoms with Crippen LogP contribution < -0.4 is 0 Å². The molecular formula is C12H20F2O3. The molecule has 3 nitrogen and oxygen atoms in total. The lowest BCUT2D eigenvalue weighted by atomic mass is 10.1. The summed E-state index contributed by atoms with van der Waals surface area (Å²) >= 11 is 0. The minimum absolute atomic E-state index is 0.251. The molecule has 100 valence electrons. The van der Waals surface area contributed by atoms with E-state index in [2.05, 4.69) is 16.7 Å². The van der Waals surface area contributed by atoms with Gasteiger partial charge in [0.1, 0.15) is 0 Å². The van der Waals surface area contributed by atoms with E-state index in [1.807, 2.05) is 0 Å². The van der Waals surface area contributed by atoms with Crippen LogP contribution in [-0.4, -0.2) is 19.0 Å². The highest BCUT2D eigenvalue weighted by Gasteiger charge is 2.67. The van der Waals surface area contributed by atoms with Crippen LogP contribution in [0.25, 0.3) is 0 Å². The summed E-state index contributed by atoms with van der Waals surface area (Å²) in [4.78, 5) is 19.4. The van der Waals surface area contributed by atoms with Crippen LogP contribution in [0, 0.1) is 11.8 Å². The number of unbranched alkanes of at least 4 members (excludes halogenated alkanes) is 3. The third kappa shape index (κ3) is 3.91. The van der Waals surface area contributed by atoms with Crippen LogP contribution in [0.15, 0.2) is 0 Å². The van der Waals surface area contributed by atoms with Gasteiger partial charge in [0.15, 0.2) is 0 Å². The van der Waals surface area contributed by atoms with E-state index in [9.17, 15) is 13.6 Å². The van der Waals surface area contributed by atoms with Gasteiger partial charge < -0.3 is 0 Å². The number of halogens is 2. The van der Waals surface area contributed by atoms with E-state index in [1.165, 1.54) is 7.11 Å². The maximum atomic E-state index is 13.3. The molecule has 2 unspecified atom stereocenters. The summed E-state index contributed by atoms with van der Waals surface area (Å²) in [6.45, 7) is 2.08. The Balaban J connectivity index is 2.25. The maximum Gasteiger partial charge on any atom is 0.342 e. The number of alkyl halides is 2. The van der Waals surface area contributed by atoms with Gasteiger partial charge in [0, 0.05) is 11.8 Å². The minimum atomic E-state index is -2.70. The zero-order valence-electron chi connectivity index (χ0n) is 10.4. The molecule has 0 aliphatic heterocycles. The molecule has 1 fully saturated rings. The van der Waals surface area contributed by atoms with Crippen LogP contribution >= 0.6 is 0 Å². The quantitative estimate of drug-likeness (QED) is 0.376. The van der Waals surface area contributed by atoms with Gasteiger partial charge in [-0.25, -0.2) is 13.6 Å². The monoisotopic (exact) mass is 250 g/mol. The molecule has 0 amide bonds. The molecule has 0 heterocycles. The van der Waals surface area contributed by atoms with Gasteiger partial charge in [0.2, 0.25) is 0 Å². The van der Waals surface area contributed by atoms with E-state index in [-0.39, 0.29) is 6.42 Å². The predicted molar refractivity (Wildman–Crippen MR) is 58.4 cm³/mol. The van der Waals surface area contributed by atoms with Crippen molar-refractivity contribution in [2.24, 2.45) is 11.8 Å². The van der Waals surface area contributed by atoms with Crippen molar-refractivity contribution in [2.45, 2.75) is 51.4 Å². The molecule has 0 radical (unpaired) electrons. The molecule has 0 aromatic carbocycles. The van der Waals surface area contributed by atoms with E-state index >= 15 is 0 Å². The van der Waals surface area contributed by atoms with Crippen LogP contribution in [0.1, 0.15) is 45.4 Å². The van der Waals surface area contributed by atoms with E-state index in [0.29, 0.717) is 6.42 Å². The van der Waals surface area contributed by atoms with E-state index in [4.69, 9.17) is 0 Å². The smallest absolute Gasteiger partial charge is 0.299 e. The Hall–Kier alpha value is -0.710. The Kier molecular flexibility index (Phi) is 5.31. The third-order valence-electron chi connectivity index (χ3n) is 3.30. The Bertz CT molecular complexity index is 256. The lowest BCUT2D eigenvalue weighted by Crippen LogP contribution is -2.06. The molecule has 0 aromatic heterocycles. The molecular weight excluding hydrogens is 230 g/mol. The molecule has 0 saturated heterocycles. The number of carbonyl (C=O) groups is 1. The maximum absolute atomic E-state index is 13.3. The molecule has 1 rings (SSSR count). The van der Waals surface area contributed by atoms with E-state index < -0.39 is 23.7 Å². The highest BCUT2D eigenvalue weighted by atomic mass is 19.3. The van der Waals surface area contributed by atoms with Crippen LogP contribution in [0.3, 0.4) is 0 Å². The van der Waals surface area contributed by atoms with Gasteiger partial charge in [-0.2, -0.15) is 4.89 Å². The summed E-state index contributed by atoms with van der Waals surface area (Å²) in [7, 11) is 1.19. The number of carbonyl (C=O) groups excluding carboxylic acids is 1. The largest absolute Gasteiger partial charge is 0.342 e. The molecule has 2 atom stereocenters. The normalized spacial score (nSPS) is 25.6. The number of rotatable bonds is 8. The van der Waals surface area contributed by atoms with Crippen LogP contribution in [0.4, 0.5) is 8.78 Å². The first-order chi connectivity index (χ1) is 8.04. The molecule has 0 N–H and O–H groups in total. The summed E-state index contributed by atoms with van der Waals surface area (Å²) in [6.07, 6.45) is 4.21. The van der Waals surface area contributed by atoms with Crippen molar-refractivity contribution in [2.75, 3.05) is 7.11 Å². The SMILES string of the molecule is CCCCCCC1C(CC(=O)OOC)C1(F)F. The second-order valence-corrected chi connectivity index (χ2v) is 4.56. The van der Waals surface area contributed by atoms with Gasteiger partial charge >= 0.3 is 5.97 Å². The van der Waals surface area contributed by atoms with Gasteiger partial charge in [-0.15, -0.1) is 0 Å². The van der Waals surface area contributed by atoms with Gasteiger partial charge in [-0.3, -0.25) is 4.89 Å². The Morgan fingerprint density at radius 2 is 1.94 bits per heavy atom. The summed E-state index contributed by atoms with van der Waals surface area (Å²) in [5.74, 6) is -4.91. The Labute approximate surface area is 100 Å². The van der Waals surface area contributed by atoms with E-state index in [1.54, 1.807) is 0 Å². The van der Waals surface area contributed by atoms with Crippen LogP contribution in [0.5, 0.6) is 0 Å². The van der Waals surface area contributed by atoms with Gasteiger partial charge in [0.05, 0.1) is 13.5 Å². The zero-order valence-corrected chi connectivity index (χ0v) is 10.4. The second-order valence-electron chi connectivity index (χ2n) is 4.56. The first-order valence-electron chi connectivity index (χ1n) is 6.15. The number of hydrogen-bond donors (Lipinski definition) is 0. The highest BCUT2D eigenvalue weighted by molar-refractivity contribution is 5.69. The molecule has 0 aromatic rings. The minimum Gasteiger partial charge on any atom is -0.299 e. The van der Waals surface area contributed by atoms with Crippen molar-refractivity contribution >= 4 is 5.97 Å². The van der Waals surface area contributed by atoms with Crippen molar-refractivity contribution < 1.29 is 23.4 Å². The first kappa shape index (κ1) is 14.4. The Morgan fingerprint density at radius 1 is 1.24 bits per heavy atom. The van der Waals surface area contributed by atoms with Crippen molar-refractivity contribution in [3.63, 3.8) is 0 Å². The second kappa shape index (κ2) is 6.28. The van der Waals surface area contributed by atoms with Crippen molar-refractivity contribution in [3.8, 4) is 0 Å². The van der Waals surface area contributed by atoms with Crippen LogP contribution in [0.2, 0.25) is 0 Å². The highest BCUT2D eigenvalue weighted by Crippen LogP contribution is 2.59. The van der Waals surface area contributed by atoms with Crippen molar-refractivity contribution in [1.29, 1.82) is 0 Å². The molecule has 1 aliphatic rings. The summed E-state index contributed by atoms with van der Waals surface area (Å²) in [5.41, 5.74) is 0. The molecule has 17 heavy (non-hydrogen) atoms.